The number of nitrogens with zero attached hydrogens (tertiary/aromatic N) is 1. The van der Waals surface area contributed by atoms with Crippen LogP contribution >= 0.6 is 0 Å². The quantitative estimate of drug-likeness (QED) is 0.669. The van der Waals surface area contributed by atoms with Crippen LogP contribution in [-0.4, -0.2) is 58.5 Å². The molecule has 3 heterocycles. The number of likely N-dealkylation sites (tertiary alicyclic amines) is 1. The van der Waals surface area contributed by atoms with Crippen molar-refractivity contribution >= 4 is 17.7 Å². The predicted molar refractivity (Wildman–Crippen MR) is 112 cm³/mol. The SMILES string of the molecule is C=CCN1C(=O)[C@@H]2[C@H](C(=O)NC3CCCCC3)[C@H]3C=C[C@@]2(O3)[C@@H]1C(=O)NC(C)(C)C. The topological polar surface area (TPSA) is 87.7 Å². The lowest BCUT2D eigenvalue weighted by Gasteiger charge is -2.34. The van der Waals surface area contributed by atoms with Crippen LogP contribution in [0.4, 0.5) is 0 Å². The number of hydrogen-bond acceptors (Lipinski definition) is 4. The van der Waals surface area contributed by atoms with Gasteiger partial charge in [0.1, 0.15) is 11.6 Å². The fourth-order valence-electron chi connectivity index (χ4n) is 5.59. The Bertz CT molecular complexity index is 780. The van der Waals surface area contributed by atoms with Crippen LogP contribution in [0.25, 0.3) is 0 Å². The standard InChI is InChI=1S/C23H33N3O4/c1-5-13-26-18(20(28)25-22(2,3)4)23-12-11-15(30-23)16(17(23)21(26)29)19(27)24-14-9-7-6-8-10-14/h5,11-12,14-18H,1,6-10,13H2,2-4H3,(H,24,27)(H,25,28)/t15-,16-,17+,18+,23+/m1/s1. The summed E-state index contributed by atoms with van der Waals surface area (Å²) in [5, 5.41) is 6.15. The van der Waals surface area contributed by atoms with Crippen molar-refractivity contribution in [3.8, 4) is 0 Å². The fraction of sp³-hybridized carbons (Fsp3) is 0.696. The Morgan fingerprint density at radius 2 is 1.97 bits per heavy atom. The summed E-state index contributed by atoms with van der Waals surface area (Å²) in [6.45, 7) is 9.68. The second-order valence-electron chi connectivity index (χ2n) is 10.1. The molecule has 0 aromatic rings. The molecule has 1 aliphatic carbocycles. The van der Waals surface area contributed by atoms with Crippen molar-refractivity contribution in [2.24, 2.45) is 11.8 Å². The third-order valence-corrected chi connectivity index (χ3v) is 6.70. The zero-order valence-electron chi connectivity index (χ0n) is 18.1. The maximum atomic E-state index is 13.5. The molecule has 5 atom stereocenters. The molecule has 164 valence electrons. The molecule has 7 nitrogen and oxygen atoms in total. The molecule has 4 rings (SSSR count). The van der Waals surface area contributed by atoms with Crippen LogP contribution in [-0.2, 0) is 19.1 Å². The Morgan fingerprint density at radius 1 is 1.27 bits per heavy atom. The third-order valence-electron chi connectivity index (χ3n) is 6.70. The van der Waals surface area contributed by atoms with E-state index >= 15 is 0 Å². The molecule has 0 aromatic heterocycles. The van der Waals surface area contributed by atoms with Crippen LogP contribution in [0, 0.1) is 11.8 Å². The molecule has 1 saturated carbocycles. The monoisotopic (exact) mass is 415 g/mol. The summed E-state index contributed by atoms with van der Waals surface area (Å²) in [6.07, 6.45) is 10.2. The van der Waals surface area contributed by atoms with Crippen LogP contribution in [0.3, 0.4) is 0 Å². The molecule has 2 bridgehead atoms. The lowest BCUT2D eigenvalue weighted by molar-refractivity contribution is -0.141. The maximum Gasteiger partial charge on any atom is 0.246 e. The second kappa shape index (κ2) is 7.52. The van der Waals surface area contributed by atoms with Crippen LogP contribution in [0.5, 0.6) is 0 Å². The first-order valence-corrected chi connectivity index (χ1v) is 11.1. The van der Waals surface area contributed by atoms with Crippen LogP contribution in [0.2, 0.25) is 0 Å². The van der Waals surface area contributed by atoms with E-state index in [1.54, 1.807) is 6.08 Å². The molecular formula is C23H33N3O4. The number of carbonyl (C=O) groups is 3. The summed E-state index contributed by atoms with van der Waals surface area (Å²) in [6, 6.07) is -0.660. The third kappa shape index (κ3) is 3.37. The van der Waals surface area contributed by atoms with E-state index in [2.05, 4.69) is 17.2 Å². The number of amides is 3. The van der Waals surface area contributed by atoms with Gasteiger partial charge in [-0.1, -0.05) is 37.5 Å². The van der Waals surface area contributed by atoms with Gasteiger partial charge < -0.3 is 20.3 Å². The zero-order valence-corrected chi connectivity index (χ0v) is 18.1. The molecule has 2 N–H and O–H groups in total. The van der Waals surface area contributed by atoms with E-state index in [0.717, 1.165) is 25.7 Å². The number of rotatable bonds is 5. The van der Waals surface area contributed by atoms with E-state index in [1.807, 2.05) is 32.9 Å². The van der Waals surface area contributed by atoms with Gasteiger partial charge in [-0.3, -0.25) is 14.4 Å². The smallest absolute Gasteiger partial charge is 0.246 e. The first-order valence-electron chi connectivity index (χ1n) is 11.1. The highest BCUT2D eigenvalue weighted by Crippen LogP contribution is 2.55. The molecule has 0 aromatic carbocycles. The van der Waals surface area contributed by atoms with Crippen molar-refractivity contribution in [1.29, 1.82) is 0 Å². The summed E-state index contributed by atoms with van der Waals surface area (Å²) in [5.41, 5.74) is -1.55. The van der Waals surface area contributed by atoms with Gasteiger partial charge >= 0.3 is 0 Å². The van der Waals surface area contributed by atoms with Gasteiger partial charge in [0, 0.05) is 18.1 Å². The van der Waals surface area contributed by atoms with Gasteiger partial charge in [-0.05, 0) is 33.6 Å². The number of hydrogen-bond donors (Lipinski definition) is 2. The molecule has 4 aliphatic rings. The van der Waals surface area contributed by atoms with Gasteiger partial charge in [0.15, 0.2) is 0 Å². The summed E-state index contributed by atoms with van der Waals surface area (Å²) in [4.78, 5) is 41.5. The van der Waals surface area contributed by atoms with E-state index in [0.29, 0.717) is 0 Å². The highest BCUT2D eigenvalue weighted by molar-refractivity contribution is 6.00. The normalized spacial score (nSPS) is 35.4. The first kappa shape index (κ1) is 21.1. The summed E-state index contributed by atoms with van der Waals surface area (Å²) >= 11 is 0. The molecule has 7 heteroatoms. The Balaban J connectivity index is 1.63. The molecular weight excluding hydrogens is 382 g/mol. The second-order valence-corrected chi connectivity index (χ2v) is 10.1. The van der Waals surface area contributed by atoms with Crippen molar-refractivity contribution in [2.75, 3.05) is 6.54 Å². The average Bonchev–Trinajstić information content (AvgIpc) is 3.29. The van der Waals surface area contributed by atoms with Gasteiger partial charge in [-0.15, -0.1) is 6.58 Å². The minimum atomic E-state index is -1.10. The van der Waals surface area contributed by atoms with E-state index in [1.165, 1.54) is 11.3 Å². The summed E-state index contributed by atoms with van der Waals surface area (Å²) in [7, 11) is 0. The fourth-order valence-corrected chi connectivity index (χ4v) is 5.59. The highest BCUT2D eigenvalue weighted by Gasteiger charge is 2.72. The summed E-state index contributed by atoms with van der Waals surface area (Å²) < 4.78 is 6.27. The molecule has 30 heavy (non-hydrogen) atoms. The van der Waals surface area contributed by atoms with Crippen LogP contribution in [0.15, 0.2) is 24.8 Å². The minimum Gasteiger partial charge on any atom is -0.359 e. The number of fused-ring (bicyclic) bond motifs is 1. The highest BCUT2D eigenvalue weighted by atomic mass is 16.5. The van der Waals surface area contributed by atoms with Crippen LogP contribution < -0.4 is 10.6 Å². The van der Waals surface area contributed by atoms with Crippen molar-refractivity contribution in [3.05, 3.63) is 24.8 Å². The van der Waals surface area contributed by atoms with E-state index < -0.39 is 35.1 Å². The molecule has 3 amide bonds. The number of carbonyl (C=O) groups excluding carboxylic acids is 3. The molecule has 0 radical (unpaired) electrons. The van der Waals surface area contributed by atoms with Gasteiger partial charge in [0.25, 0.3) is 0 Å². The van der Waals surface area contributed by atoms with Crippen molar-refractivity contribution in [2.45, 2.75) is 82.2 Å². The molecule has 3 aliphatic heterocycles. The molecule has 2 saturated heterocycles. The van der Waals surface area contributed by atoms with Gasteiger partial charge in [0.2, 0.25) is 17.7 Å². The Morgan fingerprint density at radius 3 is 2.60 bits per heavy atom. The summed E-state index contributed by atoms with van der Waals surface area (Å²) in [5.74, 6) is -1.90. The largest absolute Gasteiger partial charge is 0.359 e. The Hall–Kier alpha value is -2.15. The predicted octanol–water partition coefficient (Wildman–Crippen LogP) is 1.69. The van der Waals surface area contributed by atoms with E-state index in [-0.39, 0.29) is 30.3 Å². The van der Waals surface area contributed by atoms with Gasteiger partial charge in [-0.25, -0.2) is 0 Å². The lowest BCUT2D eigenvalue weighted by Crippen LogP contribution is -2.58. The number of ether oxygens (including phenoxy) is 1. The Labute approximate surface area is 178 Å². The number of nitrogens with one attached hydrogen (secondary N) is 2. The zero-order chi connectivity index (χ0) is 21.7. The maximum absolute atomic E-state index is 13.5. The Kier molecular flexibility index (Phi) is 5.29. The molecule has 0 unspecified atom stereocenters. The van der Waals surface area contributed by atoms with Crippen molar-refractivity contribution in [3.63, 3.8) is 0 Å². The van der Waals surface area contributed by atoms with Crippen molar-refractivity contribution < 1.29 is 19.1 Å². The van der Waals surface area contributed by atoms with Gasteiger partial charge in [-0.2, -0.15) is 0 Å². The molecule has 1 spiro atoms. The van der Waals surface area contributed by atoms with E-state index in [4.69, 9.17) is 4.74 Å². The van der Waals surface area contributed by atoms with Gasteiger partial charge in [0.05, 0.1) is 17.9 Å². The van der Waals surface area contributed by atoms with Crippen molar-refractivity contribution in [1.82, 2.24) is 15.5 Å². The first-order chi connectivity index (χ1) is 14.2. The lowest BCUT2D eigenvalue weighted by atomic mass is 9.74. The molecule has 3 fully saturated rings. The average molecular weight is 416 g/mol. The van der Waals surface area contributed by atoms with Crippen LogP contribution in [0.1, 0.15) is 52.9 Å². The van der Waals surface area contributed by atoms with E-state index in [9.17, 15) is 14.4 Å². The minimum absolute atomic E-state index is 0.132.